The zero-order valence-electron chi connectivity index (χ0n) is 21.5. The van der Waals surface area contributed by atoms with E-state index in [1.807, 2.05) is 0 Å². The number of nitrogens with zero attached hydrogens (tertiary/aromatic N) is 6. The van der Waals surface area contributed by atoms with E-state index in [-0.39, 0.29) is 6.07 Å². The maximum atomic E-state index is 17.5. The molecule has 0 saturated heterocycles. The number of azo groups is 1. The number of nitrogens with two attached hydrogens (primary N) is 1. The van der Waals surface area contributed by atoms with E-state index in [2.05, 4.69) is 35.6 Å². The normalized spacial score (nSPS) is 21.3. The number of hydrazone groups is 1. The Morgan fingerprint density at radius 1 is 1.02 bits per heavy atom. The fourth-order valence-corrected chi connectivity index (χ4v) is 5.68. The molecule has 1 aliphatic carbocycles. The molecule has 2 aromatic carbocycles. The number of halogens is 2. The van der Waals surface area contributed by atoms with Crippen LogP contribution in [0.3, 0.4) is 0 Å². The minimum Gasteiger partial charge on any atom is -0.478 e. The lowest BCUT2D eigenvalue weighted by Crippen LogP contribution is -2.54. The lowest BCUT2D eigenvalue weighted by molar-refractivity contribution is -0.0886. The summed E-state index contributed by atoms with van der Waals surface area (Å²) in [6.45, 7) is 0. The second-order valence-corrected chi connectivity index (χ2v) is 11.4. The van der Waals surface area contributed by atoms with E-state index in [9.17, 15) is 40.9 Å². The van der Waals surface area contributed by atoms with Crippen molar-refractivity contribution >= 4 is 44.1 Å². The highest BCUT2D eigenvalue weighted by Gasteiger charge is 2.65. The summed E-state index contributed by atoms with van der Waals surface area (Å²) in [6.07, 6.45) is 2.28. The number of aromatic carboxylic acids is 1. The van der Waals surface area contributed by atoms with Gasteiger partial charge < -0.3 is 21.4 Å². The van der Waals surface area contributed by atoms with Crippen LogP contribution in [0.2, 0.25) is 0 Å². The van der Waals surface area contributed by atoms with Crippen LogP contribution in [0, 0.1) is 0 Å². The van der Waals surface area contributed by atoms with Crippen molar-refractivity contribution in [2.75, 3.05) is 5.32 Å². The van der Waals surface area contributed by atoms with Crippen molar-refractivity contribution in [1.29, 1.82) is 0 Å². The summed E-state index contributed by atoms with van der Waals surface area (Å²) >= 11 is 0. The maximum Gasteiger partial charge on any atom is 0.336 e. The third kappa shape index (κ3) is 5.51. The molecule has 0 amide bonds. The minimum absolute atomic E-state index is 0.262. The molecule has 4 rings (SSSR count). The number of hydrogen-bond donors (Lipinski definition) is 6. The molecule has 21 heteroatoms. The number of hydrogen-bond acceptors (Lipinski definition) is 13. The zero-order valence-corrected chi connectivity index (χ0v) is 23.1. The van der Waals surface area contributed by atoms with Gasteiger partial charge in [-0.1, -0.05) is 30.3 Å². The van der Waals surface area contributed by atoms with E-state index >= 15 is 8.78 Å². The highest BCUT2D eigenvalue weighted by molar-refractivity contribution is 7.90. The molecule has 0 aliphatic heterocycles. The quantitative estimate of drug-likeness (QED) is 0.0479. The summed E-state index contributed by atoms with van der Waals surface area (Å²) in [4.78, 5) is 20.1. The SMILES string of the molecule is NN=CN=NC1(c2ccccc2)C(Nc2ncncn2)=C(S(=O)(=O)O)C(F)=C(c2cc(S(=O)(=O)O)ccc2C(=O)O)C1(O)F. The van der Waals surface area contributed by atoms with Gasteiger partial charge in [0.15, 0.2) is 17.1 Å². The van der Waals surface area contributed by atoms with Crippen molar-refractivity contribution in [3.05, 3.63) is 94.3 Å². The first-order valence-electron chi connectivity index (χ1n) is 11.5. The fourth-order valence-electron chi connectivity index (χ4n) is 4.39. The van der Waals surface area contributed by atoms with Crippen LogP contribution in [-0.2, 0) is 25.8 Å². The van der Waals surface area contributed by atoms with E-state index in [0.29, 0.717) is 18.5 Å². The second kappa shape index (κ2) is 11.5. The summed E-state index contributed by atoms with van der Waals surface area (Å²) in [5, 5.41) is 34.0. The number of aliphatic hydroxyl groups is 1. The van der Waals surface area contributed by atoms with E-state index < -0.39 is 87.1 Å². The molecule has 1 aliphatic rings. The standard InChI is InChI=1S/C23H18F2N8O9S2/c24-17-16(15-8-13(43(37,38)39)6-7-14(15)20(34)35)23(25,36)22(33-31-11-30-26,12-4-2-1-3-5-12)19(18(17)44(40,41)42)32-21-28-9-27-10-29-21/h1-11,36H,26H2,(H,34,35)(H,37,38,39)(H,40,41,42)(H,27,28,29,32). The Morgan fingerprint density at radius 3 is 2.20 bits per heavy atom. The Balaban J connectivity index is 2.33. The van der Waals surface area contributed by atoms with Gasteiger partial charge >= 0.3 is 5.97 Å². The van der Waals surface area contributed by atoms with E-state index in [0.717, 1.165) is 24.8 Å². The maximum absolute atomic E-state index is 17.5. The molecule has 2 unspecified atom stereocenters. The fraction of sp³-hybridized carbons (Fsp3) is 0.0870. The smallest absolute Gasteiger partial charge is 0.336 e. The van der Waals surface area contributed by atoms with E-state index in [1.54, 1.807) is 0 Å². The van der Waals surface area contributed by atoms with Gasteiger partial charge in [0, 0.05) is 5.56 Å². The molecular formula is C23H18F2N8O9S2. The molecule has 0 fully saturated rings. The third-order valence-electron chi connectivity index (χ3n) is 6.11. The largest absolute Gasteiger partial charge is 0.478 e. The minimum atomic E-state index is -5.86. The summed E-state index contributed by atoms with van der Waals surface area (Å²) in [5.74, 6) is -4.22. The molecule has 17 nitrogen and oxygen atoms in total. The van der Waals surface area contributed by atoms with Crippen molar-refractivity contribution in [3.8, 4) is 0 Å². The number of aromatic nitrogens is 3. The van der Waals surface area contributed by atoms with E-state index in [4.69, 9.17) is 5.84 Å². The number of carboxylic acid groups (broad SMARTS) is 1. The Kier molecular flexibility index (Phi) is 8.35. The van der Waals surface area contributed by atoms with Crippen molar-refractivity contribution in [1.82, 2.24) is 15.0 Å². The number of benzene rings is 2. The highest BCUT2D eigenvalue weighted by Crippen LogP contribution is 2.58. The van der Waals surface area contributed by atoms with Crippen LogP contribution in [0.1, 0.15) is 21.5 Å². The third-order valence-corrected chi connectivity index (χ3v) is 7.86. The van der Waals surface area contributed by atoms with Gasteiger partial charge in [-0.2, -0.15) is 27.1 Å². The zero-order chi connectivity index (χ0) is 32.5. The van der Waals surface area contributed by atoms with Crippen LogP contribution in [0.25, 0.3) is 5.57 Å². The van der Waals surface area contributed by atoms with Gasteiger partial charge in [-0.15, -0.1) is 5.11 Å². The van der Waals surface area contributed by atoms with Gasteiger partial charge in [-0.05, 0) is 23.8 Å². The first-order valence-corrected chi connectivity index (χ1v) is 14.4. The number of alkyl halides is 1. The van der Waals surface area contributed by atoms with Gasteiger partial charge in [0.2, 0.25) is 11.5 Å². The molecule has 3 aromatic rings. The van der Waals surface area contributed by atoms with Crippen LogP contribution in [0.15, 0.2) is 97.8 Å². The molecule has 230 valence electrons. The first-order chi connectivity index (χ1) is 20.6. The lowest BCUT2D eigenvalue weighted by atomic mass is 9.71. The molecule has 0 bridgehead atoms. The van der Waals surface area contributed by atoms with Crippen LogP contribution < -0.4 is 11.2 Å². The summed E-state index contributed by atoms with van der Waals surface area (Å²) < 4.78 is 103. The van der Waals surface area contributed by atoms with E-state index in [1.165, 1.54) is 18.2 Å². The van der Waals surface area contributed by atoms with Gasteiger partial charge in [0.1, 0.15) is 12.7 Å². The molecule has 0 spiro atoms. The number of anilines is 1. The Hall–Kier alpha value is -5.09. The van der Waals surface area contributed by atoms with Gasteiger partial charge in [0.25, 0.3) is 26.1 Å². The number of nitrogens with one attached hydrogen (secondary N) is 1. The van der Waals surface area contributed by atoms with Crippen molar-refractivity contribution in [2.45, 2.75) is 16.3 Å². The number of rotatable bonds is 9. The first kappa shape index (κ1) is 31.8. The molecule has 1 aromatic heterocycles. The molecule has 2 atom stereocenters. The number of carboxylic acids is 1. The number of allylic oxidation sites excluding steroid dienone is 1. The van der Waals surface area contributed by atoms with Crippen molar-refractivity contribution in [3.63, 3.8) is 0 Å². The van der Waals surface area contributed by atoms with Gasteiger partial charge in [0.05, 0.1) is 21.7 Å². The Labute approximate surface area is 245 Å². The topological polar surface area (TPSA) is 280 Å². The van der Waals surface area contributed by atoms with Crippen molar-refractivity contribution < 1.29 is 49.7 Å². The van der Waals surface area contributed by atoms with Gasteiger partial charge in [-0.3, -0.25) is 9.11 Å². The van der Waals surface area contributed by atoms with Crippen LogP contribution >= 0.6 is 0 Å². The predicted octanol–water partition coefficient (Wildman–Crippen LogP) is 1.63. The summed E-state index contributed by atoms with van der Waals surface area (Å²) in [6, 6.07) is 7.37. The average molecular weight is 653 g/mol. The van der Waals surface area contributed by atoms with Crippen LogP contribution in [-0.4, -0.2) is 69.3 Å². The monoisotopic (exact) mass is 652 g/mol. The highest BCUT2D eigenvalue weighted by atomic mass is 32.2. The van der Waals surface area contributed by atoms with Crippen LogP contribution in [0.5, 0.6) is 0 Å². The molecular weight excluding hydrogens is 634 g/mol. The molecule has 7 N–H and O–H groups in total. The Morgan fingerprint density at radius 2 is 1.66 bits per heavy atom. The molecule has 0 saturated carbocycles. The molecule has 44 heavy (non-hydrogen) atoms. The predicted molar refractivity (Wildman–Crippen MR) is 145 cm³/mol. The van der Waals surface area contributed by atoms with Crippen molar-refractivity contribution in [2.24, 2.45) is 21.2 Å². The summed E-state index contributed by atoms with van der Waals surface area (Å²) in [7, 11) is -11.0. The molecule has 1 heterocycles. The van der Waals surface area contributed by atoms with Crippen LogP contribution in [0.4, 0.5) is 14.7 Å². The second-order valence-electron chi connectivity index (χ2n) is 8.62. The van der Waals surface area contributed by atoms with Gasteiger partial charge in [-0.25, -0.2) is 28.5 Å². The molecule has 0 radical (unpaired) electrons. The average Bonchev–Trinajstić information content (AvgIpc) is 2.94. The lowest BCUT2D eigenvalue weighted by Gasteiger charge is -2.44. The Bertz CT molecular complexity index is 1970. The number of carbonyl (C=O) groups is 1. The summed E-state index contributed by atoms with van der Waals surface area (Å²) in [5.41, 5.74) is -9.35.